The van der Waals surface area contributed by atoms with Crippen LogP contribution in [-0.2, 0) is 11.3 Å². The molecule has 1 fully saturated rings. The first kappa shape index (κ1) is 20.2. The zero-order chi connectivity index (χ0) is 20.1. The number of likely N-dealkylation sites (N-methyl/N-ethyl adjacent to an activating group) is 1. The molecule has 0 aromatic heterocycles. The number of piperazine rings is 1. The van der Waals surface area contributed by atoms with E-state index in [-0.39, 0.29) is 5.91 Å². The van der Waals surface area contributed by atoms with Gasteiger partial charge in [0, 0.05) is 38.4 Å². The van der Waals surface area contributed by atoms with Crippen LogP contribution in [0.5, 0.6) is 5.75 Å². The maximum Gasteiger partial charge on any atom is 0.261 e. The molecule has 1 aliphatic rings. The molecule has 0 aliphatic carbocycles. The molecule has 1 saturated heterocycles. The summed E-state index contributed by atoms with van der Waals surface area (Å²) in [4.78, 5) is 17.2. The molecule has 0 radical (unpaired) electrons. The van der Waals surface area contributed by atoms with Gasteiger partial charge in [0.15, 0.2) is 6.10 Å². The van der Waals surface area contributed by atoms with Crippen molar-refractivity contribution in [3.05, 3.63) is 59.2 Å². The lowest BCUT2D eigenvalue weighted by Crippen LogP contribution is -2.44. The lowest BCUT2D eigenvalue weighted by molar-refractivity contribution is -0.127. The summed E-state index contributed by atoms with van der Waals surface area (Å²) in [6.07, 6.45) is -0.537. The molecule has 150 valence electrons. The highest BCUT2D eigenvalue weighted by Gasteiger charge is 2.16. The first-order chi connectivity index (χ1) is 13.4. The van der Waals surface area contributed by atoms with Gasteiger partial charge in [-0.15, -0.1) is 0 Å². The van der Waals surface area contributed by atoms with Gasteiger partial charge in [-0.2, -0.15) is 0 Å². The van der Waals surface area contributed by atoms with Crippen LogP contribution in [0.25, 0.3) is 0 Å². The molecule has 5 nitrogen and oxygen atoms in total. The Bertz CT molecular complexity index is 796. The van der Waals surface area contributed by atoms with E-state index < -0.39 is 6.10 Å². The van der Waals surface area contributed by atoms with Gasteiger partial charge in [-0.1, -0.05) is 24.3 Å². The Labute approximate surface area is 168 Å². The SMILES string of the molecule is Cc1ccc(C)c(OC(C)C(=O)NCc2ccc(N3CCN(C)CC3)cc2)c1. The number of hydrogen-bond donors (Lipinski definition) is 1. The van der Waals surface area contributed by atoms with Crippen molar-refractivity contribution in [1.29, 1.82) is 0 Å². The zero-order valence-corrected chi connectivity index (χ0v) is 17.4. The lowest BCUT2D eigenvalue weighted by atomic mass is 10.1. The summed E-state index contributed by atoms with van der Waals surface area (Å²) >= 11 is 0. The topological polar surface area (TPSA) is 44.8 Å². The Kier molecular flexibility index (Phi) is 6.57. The smallest absolute Gasteiger partial charge is 0.261 e. The third kappa shape index (κ3) is 5.26. The molecule has 28 heavy (non-hydrogen) atoms. The van der Waals surface area contributed by atoms with Crippen LogP contribution in [0.15, 0.2) is 42.5 Å². The van der Waals surface area contributed by atoms with Crippen molar-refractivity contribution in [3.8, 4) is 5.75 Å². The maximum absolute atomic E-state index is 12.4. The van der Waals surface area contributed by atoms with Gasteiger partial charge in [0.1, 0.15) is 5.75 Å². The van der Waals surface area contributed by atoms with Crippen LogP contribution in [0.4, 0.5) is 5.69 Å². The van der Waals surface area contributed by atoms with Crippen LogP contribution in [0.3, 0.4) is 0 Å². The molecular formula is C23H31N3O2. The molecule has 0 spiro atoms. The zero-order valence-electron chi connectivity index (χ0n) is 17.4. The van der Waals surface area contributed by atoms with E-state index in [2.05, 4.69) is 46.4 Å². The van der Waals surface area contributed by atoms with Gasteiger partial charge in [-0.05, 0) is 62.7 Å². The largest absolute Gasteiger partial charge is 0.481 e. The van der Waals surface area contributed by atoms with Crippen molar-refractivity contribution in [2.24, 2.45) is 0 Å². The average Bonchev–Trinajstić information content (AvgIpc) is 2.70. The quantitative estimate of drug-likeness (QED) is 0.835. The molecule has 1 unspecified atom stereocenters. The van der Waals surface area contributed by atoms with E-state index in [9.17, 15) is 4.79 Å². The highest BCUT2D eigenvalue weighted by molar-refractivity contribution is 5.80. The van der Waals surface area contributed by atoms with Gasteiger partial charge in [0.2, 0.25) is 0 Å². The second kappa shape index (κ2) is 9.11. The van der Waals surface area contributed by atoms with Crippen molar-refractivity contribution in [2.75, 3.05) is 38.1 Å². The Hall–Kier alpha value is -2.53. The molecule has 1 aliphatic heterocycles. The van der Waals surface area contributed by atoms with E-state index in [0.717, 1.165) is 48.6 Å². The molecule has 2 aromatic rings. The third-order valence-electron chi connectivity index (χ3n) is 5.29. The monoisotopic (exact) mass is 381 g/mol. The number of carbonyl (C=O) groups excluding carboxylic acids is 1. The number of nitrogens with zero attached hydrogens (tertiary/aromatic N) is 2. The predicted octanol–water partition coefficient (Wildman–Crippen LogP) is 3.14. The third-order valence-corrected chi connectivity index (χ3v) is 5.29. The summed E-state index contributed by atoms with van der Waals surface area (Å²) in [5.41, 5.74) is 4.48. The van der Waals surface area contributed by atoms with Crippen LogP contribution in [0.1, 0.15) is 23.6 Å². The van der Waals surface area contributed by atoms with Crippen molar-refractivity contribution in [1.82, 2.24) is 10.2 Å². The summed E-state index contributed by atoms with van der Waals surface area (Å²) in [6, 6.07) is 14.5. The molecule has 1 N–H and O–H groups in total. The van der Waals surface area contributed by atoms with E-state index in [1.165, 1.54) is 5.69 Å². The Morgan fingerprint density at radius 3 is 2.43 bits per heavy atom. The molecule has 0 bridgehead atoms. The van der Waals surface area contributed by atoms with Crippen molar-refractivity contribution in [2.45, 2.75) is 33.4 Å². The van der Waals surface area contributed by atoms with E-state index in [1.54, 1.807) is 6.92 Å². The van der Waals surface area contributed by atoms with Crippen molar-refractivity contribution in [3.63, 3.8) is 0 Å². The molecule has 1 atom stereocenters. The summed E-state index contributed by atoms with van der Waals surface area (Å²) in [5.74, 6) is 0.656. The fourth-order valence-corrected chi connectivity index (χ4v) is 3.30. The first-order valence-electron chi connectivity index (χ1n) is 9.96. The molecule has 2 aromatic carbocycles. The number of benzene rings is 2. The highest BCUT2D eigenvalue weighted by Crippen LogP contribution is 2.21. The fourth-order valence-electron chi connectivity index (χ4n) is 3.30. The minimum Gasteiger partial charge on any atom is -0.481 e. The fraction of sp³-hybridized carbons (Fsp3) is 0.435. The number of carbonyl (C=O) groups is 1. The summed E-state index contributed by atoms with van der Waals surface area (Å²) in [5, 5.41) is 2.97. The molecule has 3 rings (SSSR count). The number of hydrogen-bond acceptors (Lipinski definition) is 4. The van der Waals surface area contributed by atoms with E-state index >= 15 is 0 Å². The van der Waals surface area contributed by atoms with Crippen LogP contribution in [0, 0.1) is 13.8 Å². The van der Waals surface area contributed by atoms with Crippen LogP contribution in [-0.4, -0.2) is 50.1 Å². The molecule has 0 saturated carbocycles. The average molecular weight is 382 g/mol. The first-order valence-corrected chi connectivity index (χ1v) is 9.96. The predicted molar refractivity (Wildman–Crippen MR) is 114 cm³/mol. The number of anilines is 1. The highest BCUT2D eigenvalue weighted by atomic mass is 16.5. The number of aryl methyl sites for hydroxylation is 2. The number of amides is 1. The molecule has 5 heteroatoms. The van der Waals surface area contributed by atoms with Gasteiger partial charge in [-0.3, -0.25) is 4.79 Å². The Morgan fingerprint density at radius 2 is 1.75 bits per heavy atom. The lowest BCUT2D eigenvalue weighted by Gasteiger charge is -2.34. The van der Waals surface area contributed by atoms with Crippen LogP contribution < -0.4 is 15.0 Å². The van der Waals surface area contributed by atoms with Crippen molar-refractivity contribution >= 4 is 11.6 Å². The minimum absolute atomic E-state index is 0.107. The van der Waals surface area contributed by atoms with Gasteiger partial charge in [0.25, 0.3) is 5.91 Å². The van der Waals surface area contributed by atoms with Gasteiger partial charge >= 0.3 is 0 Å². The van der Waals surface area contributed by atoms with Gasteiger partial charge in [-0.25, -0.2) is 0 Å². The maximum atomic E-state index is 12.4. The van der Waals surface area contributed by atoms with Crippen molar-refractivity contribution < 1.29 is 9.53 Å². The van der Waals surface area contributed by atoms with Crippen LogP contribution in [0.2, 0.25) is 0 Å². The van der Waals surface area contributed by atoms with Gasteiger partial charge in [0.05, 0.1) is 0 Å². The van der Waals surface area contributed by atoms with E-state index in [0.29, 0.717) is 6.54 Å². The van der Waals surface area contributed by atoms with E-state index in [4.69, 9.17) is 4.74 Å². The number of rotatable bonds is 6. The molecule has 1 heterocycles. The van der Waals surface area contributed by atoms with Gasteiger partial charge < -0.3 is 19.9 Å². The standard InChI is InChI=1S/C23H31N3O2/c1-17-5-6-18(2)22(15-17)28-19(3)23(27)24-16-20-7-9-21(10-8-20)26-13-11-25(4)12-14-26/h5-10,15,19H,11-14,16H2,1-4H3,(H,24,27). The summed E-state index contributed by atoms with van der Waals surface area (Å²) in [6.45, 7) is 10.6. The Morgan fingerprint density at radius 1 is 1.07 bits per heavy atom. The second-order valence-corrected chi connectivity index (χ2v) is 7.70. The Balaban J connectivity index is 1.50. The molecular weight excluding hydrogens is 350 g/mol. The van der Waals surface area contributed by atoms with E-state index in [1.807, 2.05) is 32.0 Å². The molecule has 1 amide bonds. The normalized spacial score (nSPS) is 15.9. The summed E-state index contributed by atoms with van der Waals surface area (Å²) in [7, 11) is 2.16. The van der Waals surface area contributed by atoms with Crippen LogP contribution >= 0.6 is 0 Å². The number of ether oxygens (including phenoxy) is 1. The summed E-state index contributed by atoms with van der Waals surface area (Å²) < 4.78 is 5.86. The number of nitrogens with one attached hydrogen (secondary N) is 1. The minimum atomic E-state index is -0.537. The second-order valence-electron chi connectivity index (χ2n) is 7.70.